The predicted molar refractivity (Wildman–Crippen MR) is 114 cm³/mol. The molecule has 1 fully saturated rings. The van der Waals surface area contributed by atoms with Crippen LogP contribution in [0.4, 0.5) is 11.4 Å². The first-order valence-electron chi connectivity index (χ1n) is 9.36. The third kappa shape index (κ3) is 5.50. The zero-order valence-corrected chi connectivity index (χ0v) is 17.9. The van der Waals surface area contributed by atoms with E-state index in [1.807, 2.05) is 0 Å². The van der Waals surface area contributed by atoms with Crippen molar-refractivity contribution in [3.63, 3.8) is 0 Å². The SMILES string of the molecule is CC(=O)Nc1cccc(NC(=O)COc2ccc(Cl)cc2S(=O)(=O)N2CCCC2)c1. The van der Waals surface area contributed by atoms with E-state index in [0.717, 1.165) is 12.8 Å². The highest BCUT2D eigenvalue weighted by atomic mass is 35.5. The standard InChI is InChI=1S/C20H22ClN3O5S/c1-14(25)22-16-5-4-6-17(12-16)23-20(26)13-29-18-8-7-15(21)11-19(18)30(27,28)24-9-2-3-10-24/h4-8,11-12H,2-3,9-10,13H2,1H3,(H,22,25)(H,23,26). The van der Waals surface area contributed by atoms with Gasteiger partial charge in [0.2, 0.25) is 15.9 Å². The maximum Gasteiger partial charge on any atom is 0.262 e. The number of nitrogens with zero attached hydrogens (tertiary/aromatic N) is 1. The van der Waals surface area contributed by atoms with Gasteiger partial charge in [0.1, 0.15) is 10.6 Å². The summed E-state index contributed by atoms with van der Waals surface area (Å²) in [5, 5.41) is 5.54. The molecule has 0 radical (unpaired) electrons. The molecule has 2 aromatic rings. The highest BCUT2D eigenvalue weighted by Gasteiger charge is 2.30. The minimum Gasteiger partial charge on any atom is -0.482 e. The van der Waals surface area contributed by atoms with Crippen molar-refractivity contribution in [2.75, 3.05) is 30.3 Å². The Bertz CT molecular complexity index is 1050. The van der Waals surface area contributed by atoms with Crippen molar-refractivity contribution >= 4 is 44.8 Å². The lowest BCUT2D eigenvalue weighted by molar-refractivity contribution is -0.118. The molecule has 160 valence electrons. The first kappa shape index (κ1) is 22.1. The van der Waals surface area contributed by atoms with Crippen LogP contribution in [0.1, 0.15) is 19.8 Å². The summed E-state index contributed by atoms with van der Waals surface area (Å²) in [6.07, 6.45) is 1.60. The van der Waals surface area contributed by atoms with Crippen LogP contribution in [0.25, 0.3) is 0 Å². The smallest absolute Gasteiger partial charge is 0.262 e. The van der Waals surface area contributed by atoms with Crippen LogP contribution in [0.2, 0.25) is 5.02 Å². The molecule has 1 saturated heterocycles. The Morgan fingerprint density at radius 1 is 1.07 bits per heavy atom. The fraction of sp³-hybridized carbons (Fsp3) is 0.300. The number of benzene rings is 2. The molecule has 10 heteroatoms. The van der Waals surface area contributed by atoms with Crippen LogP contribution in [-0.4, -0.2) is 44.2 Å². The van der Waals surface area contributed by atoms with Crippen molar-refractivity contribution in [1.82, 2.24) is 4.31 Å². The highest BCUT2D eigenvalue weighted by molar-refractivity contribution is 7.89. The van der Waals surface area contributed by atoms with E-state index < -0.39 is 22.5 Å². The van der Waals surface area contributed by atoms with Crippen LogP contribution >= 0.6 is 11.6 Å². The molecule has 0 unspecified atom stereocenters. The number of sulfonamides is 1. The largest absolute Gasteiger partial charge is 0.482 e. The summed E-state index contributed by atoms with van der Waals surface area (Å²) in [4.78, 5) is 23.4. The van der Waals surface area contributed by atoms with Gasteiger partial charge in [-0.15, -0.1) is 0 Å². The Labute approximate surface area is 180 Å². The van der Waals surface area contributed by atoms with Gasteiger partial charge >= 0.3 is 0 Å². The number of amides is 2. The molecule has 30 heavy (non-hydrogen) atoms. The van der Waals surface area contributed by atoms with Gasteiger partial charge in [-0.3, -0.25) is 9.59 Å². The van der Waals surface area contributed by atoms with Crippen LogP contribution in [0.15, 0.2) is 47.4 Å². The normalized spacial score (nSPS) is 14.3. The minimum atomic E-state index is -3.76. The van der Waals surface area contributed by atoms with Crippen molar-refractivity contribution in [2.24, 2.45) is 0 Å². The third-order valence-electron chi connectivity index (χ3n) is 4.41. The molecule has 1 aliphatic heterocycles. The van der Waals surface area contributed by atoms with E-state index in [1.54, 1.807) is 24.3 Å². The molecule has 0 bridgehead atoms. The monoisotopic (exact) mass is 451 g/mol. The maximum atomic E-state index is 12.9. The molecule has 0 aromatic heterocycles. The molecule has 8 nitrogen and oxygen atoms in total. The fourth-order valence-electron chi connectivity index (χ4n) is 3.09. The van der Waals surface area contributed by atoms with Crippen LogP contribution < -0.4 is 15.4 Å². The van der Waals surface area contributed by atoms with Gasteiger partial charge in [-0.05, 0) is 49.2 Å². The van der Waals surface area contributed by atoms with Gasteiger partial charge in [0, 0.05) is 36.4 Å². The third-order valence-corrected chi connectivity index (χ3v) is 6.57. The van der Waals surface area contributed by atoms with E-state index >= 15 is 0 Å². The Hall–Kier alpha value is -2.62. The van der Waals surface area contributed by atoms with Crippen molar-refractivity contribution in [1.29, 1.82) is 0 Å². The number of ether oxygens (including phenoxy) is 1. The summed E-state index contributed by atoms with van der Waals surface area (Å²) >= 11 is 6.00. The molecular weight excluding hydrogens is 430 g/mol. The predicted octanol–water partition coefficient (Wildman–Crippen LogP) is 3.10. The Morgan fingerprint density at radius 2 is 1.73 bits per heavy atom. The Balaban J connectivity index is 1.70. The topological polar surface area (TPSA) is 105 Å². The van der Waals surface area contributed by atoms with E-state index in [9.17, 15) is 18.0 Å². The van der Waals surface area contributed by atoms with Gasteiger partial charge < -0.3 is 15.4 Å². The summed E-state index contributed by atoms with van der Waals surface area (Å²) in [7, 11) is -3.76. The lowest BCUT2D eigenvalue weighted by Gasteiger charge is -2.18. The zero-order chi connectivity index (χ0) is 21.7. The van der Waals surface area contributed by atoms with Crippen LogP contribution in [-0.2, 0) is 19.6 Å². The van der Waals surface area contributed by atoms with Crippen LogP contribution in [0.5, 0.6) is 5.75 Å². The van der Waals surface area contributed by atoms with Gasteiger partial charge in [0.15, 0.2) is 6.61 Å². The molecular formula is C20H22ClN3O5S. The number of halogens is 1. The highest BCUT2D eigenvalue weighted by Crippen LogP contribution is 2.31. The van der Waals surface area contributed by atoms with Crippen LogP contribution in [0.3, 0.4) is 0 Å². The molecule has 1 heterocycles. The number of hydrogen-bond acceptors (Lipinski definition) is 5. The first-order valence-corrected chi connectivity index (χ1v) is 11.2. The molecule has 2 amide bonds. The van der Waals surface area contributed by atoms with E-state index in [-0.39, 0.29) is 21.6 Å². The van der Waals surface area contributed by atoms with Crippen molar-refractivity contribution < 1.29 is 22.7 Å². The number of nitrogens with one attached hydrogen (secondary N) is 2. The molecule has 3 rings (SSSR count). The number of rotatable bonds is 7. The summed E-state index contributed by atoms with van der Waals surface area (Å²) in [5.74, 6) is -0.640. The second-order valence-electron chi connectivity index (χ2n) is 6.80. The Kier molecular flexibility index (Phi) is 6.96. The summed E-state index contributed by atoms with van der Waals surface area (Å²) < 4.78 is 32.8. The zero-order valence-electron chi connectivity index (χ0n) is 16.4. The maximum absolute atomic E-state index is 12.9. The number of hydrogen-bond donors (Lipinski definition) is 2. The molecule has 2 aromatic carbocycles. The van der Waals surface area contributed by atoms with E-state index in [4.69, 9.17) is 16.3 Å². The van der Waals surface area contributed by atoms with E-state index in [0.29, 0.717) is 24.5 Å². The fourth-order valence-corrected chi connectivity index (χ4v) is 5.00. The molecule has 1 aliphatic rings. The van der Waals surface area contributed by atoms with Crippen molar-refractivity contribution in [2.45, 2.75) is 24.7 Å². The molecule has 0 saturated carbocycles. The van der Waals surface area contributed by atoms with Crippen LogP contribution in [0, 0.1) is 0 Å². The number of anilines is 2. The average molecular weight is 452 g/mol. The quantitative estimate of drug-likeness (QED) is 0.673. The molecule has 0 spiro atoms. The van der Waals surface area contributed by atoms with Gasteiger partial charge in [-0.1, -0.05) is 17.7 Å². The number of carbonyl (C=O) groups excluding carboxylic acids is 2. The van der Waals surface area contributed by atoms with Crippen molar-refractivity contribution in [3.05, 3.63) is 47.5 Å². The second kappa shape index (κ2) is 9.46. The van der Waals surface area contributed by atoms with E-state index in [2.05, 4.69) is 10.6 Å². The minimum absolute atomic E-state index is 0.0580. The average Bonchev–Trinajstić information content (AvgIpc) is 3.22. The summed E-state index contributed by atoms with van der Waals surface area (Å²) in [5.41, 5.74) is 1.01. The van der Waals surface area contributed by atoms with Gasteiger partial charge in [0.25, 0.3) is 5.91 Å². The Morgan fingerprint density at radius 3 is 2.40 bits per heavy atom. The molecule has 2 N–H and O–H groups in total. The van der Waals surface area contributed by atoms with Gasteiger partial charge in [-0.25, -0.2) is 8.42 Å². The van der Waals surface area contributed by atoms with Gasteiger partial charge in [-0.2, -0.15) is 4.31 Å². The molecule has 0 aliphatic carbocycles. The lowest BCUT2D eigenvalue weighted by Crippen LogP contribution is -2.28. The number of carbonyl (C=O) groups is 2. The second-order valence-corrected chi connectivity index (χ2v) is 9.14. The van der Waals surface area contributed by atoms with E-state index in [1.165, 1.54) is 29.4 Å². The van der Waals surface area contributed by atoms with Crippen molar-refractivity contribution in [3.8, 4) is 5.75 Å². The summed E-state index contributed by atoms with van der Waals surface area (Å²) in [6, 6.07) is 10.9. The first-order chi connectivity index (χ1) is 14.3. The molecule has 0 atom stereocenters. The van der Waals surface area contributed by atoms with Gasteiger partial charge in [0.05, 0.1) is 0 Å². The lowest BCUT2D eigenvalue weighted by atomic mass is 10.2. The summed E-state index contributed by atoms with van der Waals surface area (Å²) in [6.45, 7) is 1.88.